The first-order valence-electron chi connectivity index (χ1n) is 7.87. The lowest BCUT2D eigenvalue weighted by Gasteiger charge is -2.22. The number of hydrogen-bond acceptors (Lipinski definition) is 3. The zero-order chi connectivity index (χ0) is 13.8. The maximum Gasteiger partial charge on any atom is 0.179 e. The molecular weight excluding hydrogens is 250 g/mol. The van der Waals surface area contributed by atoms with Crippen LogP contribution >= 0.6 is 0 Å². The highest BCUT2D eigenvalue weighted by Crippen LogP contribution is 2.24. The Morgan fingerprint density at radius 2 is 1.70 bits per heavy atom. The third-order valence-electron chi connectivity index (χ3n) is 4.37. The van der Waals surface area contributed by atoms with E-state index < -0.39 is 0 Å². The molecule has 20 heavy (non-hydrogen) atoms. The smallest absolute Gasteiger partial charge is 0.179 e. The molecule has 0 spiro atoms. The monoisotopic (exact) mass is 273 g/mol. The topological polar surface area (TPSA) is 38.3 Å². The Bertz CT molecular complexity index is 443. The summed E-state index contributed by atoms with van der Waals surface area (Å²) in [6, 6.07) is 7.69. The Hall–Kier alpha value is -1.35. The predicted molar refractivity (Wildman–Crippen MR) is 79.3 cm³/mol. The first-order chi connectivity index (χ1) is 9.83. The van der Waals surface area contributed by atoms with E-state index in [-0.39, 0.29) is 11.8 Å². The molecule has 1 aromatic carbocycles. The fourth-order valence-electron chi connectivity index (χ4n) is 3.17. The van der Waals surface area contributed by atoms with Gasteiger partial charge >= 0.3 is 0 Å². The molecule has 1 unspecified atom stereocenters. The minimum Gasteiger partial charge on any atom is -0.490 e. The summed E-state index contributed by atoms with van der Waals surface area (Å²) in [5.74, 6) is 1.11. The van der Waals surface area contributed by atoms with Gasteiger partial charge < -0.3 is 10.1 Å². The number of piperidine rings is 1. The molecule has 108 valence electrons. The Balaban J connectivity index is 1.61. The van der Waals surface area contributed by atoms with Crippen LogP contribution in [0.25, 0.3) is 0 Å². The highest BCUT2D eigenvalue weighted by molar-refractivity contribution is 6.00. The number of ketones is 1. The number of nitrogens with one attached hydrogen (secondary N) is 1. The van der Waals surface area contributed by atoms with Crippen LogP contribution in [0.5, 0.6) is 5.75 Å². The van der Waals surface area contributed by atoms with E-state index in [2.05, 4.69) is 5.32 Å². The molecule has 1 aromatic rings. The summed E-state index contributed by atoms with van der Waals surface area (Å²) in [6.07, 6.45) is 8.52. The van der Waals surface area contributed by atoms with Crippen molar-refractivity contribution in [3.8, 4) is 5.75 Å². The Kier molecular flexibility index (Phi) is 4.36. The minimum atomic E-state index is 0.00495. The highest BCUT2D eigenvalue weighted by Gasteiger charge is 2.22. The first kappa shape index (κ1) is 13.6. The van der Waals surface area contributed by atoms with E-state index in [1.54, 1.807) is 0 Å². The van der Waals surface area contributed by atoms with E-state index in [0.29, 0.717) is 6.10 Å². The zero-order valence-corrected chi connectivity index (χ0v) is 11.9. The van der Waals surface area contributed by atoms with Crippen molar-refractivity contribution in [3.63, 3.8) is 0 Å². The molecule has 2 fully saturated rings. The quantitative estimate of drug-likeness (QED) is 0.855. The molecule has 1 aliphatic heterocycles. The second kappa shape index (κ2) is 6.40. The van der Waals surface area contributed by atoms with Crippen molar-refractivity contribution in [2.75, 3.05) is 6.54 Å². The molecule has 1 N–H and O–H groups in total. The van der Waals surface area contributed by atoms with Crippen LogP contribution in [0.3, 0.4) is 0 Å². The van der Waals surface area contributed by atoms with E-state index in [0.717, 1.165) is 43.5 Å². The van der Waals surface area contributed by atoms with Gasteiger partial charge in [0.2, 0.25) is 0 Å². The van der Waals surface area contributed by atoms with Gasteiger partial charge in [0.1, 0.15) is 5.75 Å². The molecule has 3 nitrogen and oxygen atoms in total. The minimum absolute atomic E-state index is 0.00495. The average molecular weight is 273 g/mol. The molecule has 1 aliphatic carbocycles. The zero-order valence-electron chi connectivity index (χ0n) is 11.9. The molecule has 0 radical (unpaired) electrons. The third-order valence-corrected chi connectivity index (χ3v) is 4.37. The maximum absolute atomic E-state index is 12.4. The molecule has 0 amide bonds. The second-order valence-corrected chi connectivity index (χ2v) is 5.92. The van der Waals surface area contributed by atoms with E-state index >= 15 is 0 Å². The summed E-state index contributed by atoms with van der Waals surface area (Å²) in [4.78, 5) is 12.4. The largest absolute Gasteiger partial charge is 0.490 e. The van der Waals surface area contributed by atoms with E-state index in [4.69, 9.17) is 4.74 Å². The molecule has 2 aliphatic rings. The molecule has 3 rings (SSSR count). The average Bonchev–Trinajstić information content (AvgIpc) is 3.01. The number of hydrogen-bond donors (Lipinski definition) is 1. The lowest BCUT2D eigenvalue weighted by Crippen LogP contribution is -2.40. The van der Waals surface area contributed by atoms with Gasteiger partial charge in [-0.2, -0.15) is 0 Å². The van der Waals surface area contributed by atoms with Crippen molar-refractivity contribution < 1.29 is 9.53 Å². The van der Waals surface area contributed by atoms with Gasteiger partial charge in [-0.05, 0) is 69.3 Å². The van der Waals surface area contributed by atoms with Gasteiger partial charge in [0.15, 0.2) is 5.78 Å². The van der Waals surface area contributed by atoms with Gasteiger partial charge in [-0.15, -0.1) is 0 Å². The van der Waals surface area contributed by atoms with Gasteiger partial charge in [0, 0.05) is 5.56 Å². The van der Waals surface area contributed by atoms with Gasteiger partial charge in [-0.3, -0.25) is 4.79 Å². The maximum atomic E-state index is 12.4. The Labute approximate surface area is 120 Å². The van der Waals surface area contributed by atoms with E-state index in [1.165, 1.54) is 19.3 Å². The van der Waals surface area contributed by atoms with Gasteiger partial charge in [-0.1, -0.05) is 6.42 Å². The van der Waals surface area contributed by atoms with Crippen molar-refractivity contribution in [3.05, 3.63) is 29.8 Å². The number of Topliss-reactive ketones (excluding diaryl/α,β-unsaturated/α-hetero) is 1. The van der Waals surface area contributed by atoms with Crippen LogP contribution < -0.4 is 10.1 Å². The molecule has 1 saturated carbocycles. The van der Waals surface area contributed by atoms with Crippen molar-refractivity contribution in [2.24, 2.45) is 0 Å². The third kappa shape index (κ3) is 3.21. The fourth-order valence-corrected chi connectivity index (χ4v) is 3.17. The SMILES string of the molecule is O=C(c1ccc(OC2CCCC2)cc1)C1CCCCN1. The number of carbonyl (C=O) groups excluding carboxylic acids is 1. The lowest BCUT2D eigenvalue weighted by molar-refractivity contribution is 0.0927. The van der Waals surface area contributed by atoms with Crippen LogP contribution in [0.15, 0.2) is 24.3 Å². The van der Waals surface area contributed by atoms with Gasteiger partial charge in [0.05, 0.1) is 12.1 Å². The van der Waals surface area contributed by atoms with E-state index in [9.17, 15) is 4.79 Å². The summed E-state index contributed by atoms with van der Waals surface area (Å²) in [5, 5.41) is 3.31. The number of ether oxygens (including phenoxy) is 1. The normalized spacial score (nSPS) is 23.7. The molecular formula is C17H23NO2. The highest BCUT2D eigenvalue weighted by atomic mass is 16.5. The van der Waals surface area contributed by atoms with Crippen LogP contribution in [0.1, 0.15) is 55.3 Å². The molecule has 0 aromatic heterocycles. The number of rotatable bonds is 4. The Morgan fingerprint density at radius 1 is 1.00 bits per heavy atom. The molecule has 1 saturated heterocycles. The van der Waals surface area contributed by atoms with Crippen molar-refractivity contribution in [1.82, 2.24) is 5.32 Å². The summed E-state index contributed by atoms with van der Waals surface area (Å²) in [5.41, 5.74) is 0.795. The van der Waals surface area contributed by atoms with Gasteiger partial charge in [0.25, 0.3) is 0 Å². The fraction of sp³-hybridized carbons (Fsp3) is 0.588. The first-order valence-corrected chi connectivity index (χ1v) is 7.87. The second-order valence-electron chi connectivity index (χ2n) is 5.92. The molecule has 1 atom stereocenters. The standard InChI is InChI=1S/C17H23NO2/c19-17(16-7-3-4-12-18-16)13-8-10-15(11-9-13)20-14-5-1-2-6-14/h8-11,14,16,18H,1-7,12H2. The summed E-state index contributed by atoms with van der Waals surface area (Å²) < 4.78 is 5.93. The van der Waals surface area contributed by atoms with Crippen LogP contribution in [0.4, 0.5) is 0 Å². The molecule has 3 heteroatoms. The Morgan fingerprint density at radius 3 is 2.35 bits per heavy atom. The van der Waals surface area contributed by atoms with Crippen molar-refractivity contribution in [2.45, 2.75) is 57.1 Å². The lowest BCUT2D eigenvalue weighted by atomic mass is 9.96. The van der Waals surface area contributed by atoms with Crippen LogP contribution in [-0.2, 0) is 0 Å². The van der Waals surface area contributed by atoms with Gasteiger partial charge in [-0.25, -0.2) is 0 Å². The van der Waals surface area contributed by atoms with Crippen LogP contribution in [0, 0.1) is 0 Å². The van der Waals surface area contributed by atoms with Crippen LogP contribution in [0.2, 0.25) is 0 Å². The van der Waals surface area contributed by atoms with E-state index in [1.807, 2.05) is 24.3 Å². The molecule has 1 heterocycles. The van der Waals surface area contributed by atoms with Crippen molar-refractivity contribution in [1.29, 1.82) is 0 Å². The molecule has 0 bridgehead atoms. The van der Waals surface area contributed by atoms with Crippen molar-refractivity contribution >= 4 is 5.78 Å². The number of benzene rings is 1. The summed E-state index contributed by atoms with van der Waals surface area (Å²) in [6.45, 7) is 0.958. The summed E-state index contributed by atoms with van der Waals surface area (Å²) in [7, 11) is 0. The number of carbonyl (C=O) groups is 1. The van der Waals surface area contributed by atoms with Crippen LogP contribution in [-0.4, -0.2) is 24.5 Å². The predicted octanol–water partition coefficient (Wildman–Crippen LogP) is 3.33. The summed E-state index contributed by atoms with van der Waals surface area (Å²) >= 11 is 0.